The highest BCUT2D eigenvalue weighted by atomic mass is 16.6. The van der Waals surface area contributed by atoms with E-state index in [1.807, 2.05) is 27.7 Å². The first-order chi connectivity index (χ1) is 8.87. The van der Waals surface area contributed by atoms with Gasteiger partial charge in [0, 0.05) is 12.1 Å². The number of hydrogen-bond donors (Lipinski definition) is 0. The highest BCUT2D eigenvalue weighted by molar-refractivity contribution is 6.74. The molecular formula is C16H33BO3. The fraction of sp³-hybridized carbons (Fsp3) is 0.938. The predicted molar refractivity (Wildman–Crippen MR) is 86.7 cm³/mol. The van der Waals surface area contributed by atoms with Crippen molar-refractivity contribution in [3.63, 3.8) is 0 Å². The van der Waals surface area contributed by atoms with Crippen molar-refractivity contribution in [1.82, 2.24) is 0 Å². The molecule has 0 aromatic rings. The fourth-order valence-electron chi connectivity index (χ4n) is 2.03. The van der Waals surface area contributed by atoms with Crippen LogP contribution in [0.15, 0.2) is 0 Å². The summed E-state index contributed by atoms with van der Waals surface area (Å²) in [6.07, 6.45) is 2.86. The maximum absolute atomic E-state index is 12.0. The van der Waals surface area contributed by atoms with Gasteiger partial charge >= 0.3 is 0 Å². The zero-order valence-corrected chi connectivity index (χ0v) is 14.8. The Morgan fingerprint density at radius 3 is 2.00 bits per heavy atom. The van der Waals surface area contributed by atoms with Gasteiger partial charge in [-0.3, -0.25) is 4.79 Å². The van der Waals surface area contributed by atoms with Crippen LogP contribution in [0.2, 0.25) is 0 Å². The summed E-state index contributed by atoms with van der Waals surface area (Å²) in [7, 11) is 0.296. The van der Waals surface area contributed by atoms with Crippen molar-refractivity contribution in [3.05, 3.63) is 0 Å². The third-order valence-corrected chi connectivity index (χ3v) is 3.16. The van der Waals surface area contributed by atoms with Crippen molar-refractivity contribution in [1.29, 1.82) is 0 Å². The van der Waals surface area contributed by atoms with Crippen LogP contribution in [0, 0.1) is 5.41 Å². The molecule has 0 spiro atoms. The van der Waals surface area contributed by atoms with Crippen molar-refractivity contribution in [2.45, 2.75) is 85.8 Å². The summed E-state index contributed by atoms with van der Waals surface area (Å²) in [5.74, 6) is -0.177. The van der Waals surface area contributed by atoms with E-state index in [2.05, 4.69) is 27.7 Å². The summed E-state index contributed by atoms with van der Waals surface area (Å²) < 4.78 is 11.4. The van der Waals surface area contributed by atoms with Crippen LogP contribution in [0.5, 0.6) is 0 Å². The maximum Gasteiger partial charge on any atom is 0.296 e. The predicted octanol–water partition coefficient (Wildman–Crippen LogP) is 4.33. The molecule has 0 fully saturated rings. The van der Waals surface area contributed by atoms with Crippen LogP contribution in [0.25, 0.3) is 0 Å². The first kappa shape index (κ1) is 19.5. The Balaban J connectivity index is 4.22. The maximum atomic E-state index is 12.0. The minimum Gasteiger partial charge on any atom is -0.468 e. The summed E-state index contributed by atoms with van der Waals surface area (Å²) >= 11 is 0. The highest BCUT2D eigenvalue weighted by Gasteiger charge is 2.30. The van der Waals surface area contributed by atoms with Gasteiger partial charge in [-0.15, -0.1) is 0 Å². The Kier molecular flexibility index (Phi) is 7.30. The standard InChI is InChI=1S/C16H33BO3/c1-9-10-15(5,6)20-13(18)17-16(7,8)19-12-11-14(2,3)4/h17H,9-12H2,1-8H3. The topological polar surface area (TPSA) is 35.5 Å². The van der Waals surface area contributed by atoms with E-state index in [-0.39, 0.29) is 16.9 Å². The first-order valence-corrected chi connectivity index (χ1v) is 7.73. The lowest BCUT2D eigenvalue weighted by molar-refractivity contribution is 0.0222. The summed E-state index contributed by atoms with van der Waals surface area (Å²) in [4.78, 5) is 12.0. The number of ether oxygens (including phenoxy) is 2. The molecule has 0 aliphatic rings. The average molecular weight is 284 g/mol. The molecule has 0 aromatic carbocycles. The molecule has 0 rings (SSSR count). The third kappa shape index (κ3) is 10.3. The molecule has 0 N–H and O–H groups in total. The lowest BCUT2D eigenvalue weighted by atomic mass is 9.62. The molecule has 4 heteroatoms. The molecule has 0 bridgehead atoms. The van der Waals surface area contributed by atoms with Gasteiger partial charge < -0.3 is 9.47 Å². The second-order valence-electron chi connectivity index (χ2n) is 8.08. The van der Waals surface area contributed by atoms with Crippen molar-refractivity contribution >= 4 is 13.1 Å². The summed E-state index contributed by atoms with van der Waals surface area (Å²) in [5.41, 5.74) is -0.600. The van der Waals surface area contributed by atoms with E-state index >= 15 is 0 Å². The zero-order chi connectivity index (χ0) is 16.0. The smallest absolute Gasteiger partial charge is 0.296 e. The Hall–Kier alpha value is -0.505. The van der Waals surface area contributed by atoms with E-state index in [1.165, 1.54) is 0 Å². The van der Waals surface area contributed by atoms with Gasteiger partial charge in [-0.2, -0.15) is 0 Å². The lowest BCUT2D eigenvalue weighted by Gasteiger charge is -2.29. The number of carbonyl (C=O) groups is 1. The van der Waals surface area contributed by atoms with Crippen molar-refractivity contribution in [3.8, 4) is 0 Å². The normalized spacial score (nSPS) is 13.2. The van der Waals surface area contributed by atoms with E-state index in [9.17, 15) is 4.79 Å². The second-order valence-corrected chi connectivity index (χ2v) is 8.08. The van der Waals surface area contributed by atoms with E-state index in [1.54, 1.807) is 0 Å². The van der Waals surface area contributed by atoms with Crippen LogP contribution in [-0.4, -0.2) is 30.9 Å². The third-order valence-electron chi connectivity index (χ3n) is 3.16. The lowest BCUT2D eigenvalue weighted by Crippen LogP contribution is -2.41. The molecule has 20 heavy (non-hydrogen) atoms. The van der Waals surface area contributed by atoms with Gasteiger partial charge in [0.1, 0.15) is 5.60 Å². The van der Waals surface area contributed by atoms with E-state index in [0.717, 1.165) is 19.3 Å². The SMILES string of the molecule is CCCC(C)(C)OC(=O)BC(C)(C)OCCC(C)(C)C. The van der Waals surface area contributed by atoms with Crippen molar-refractivity contribution in [2.75, 3.05) is 6.61 Å². The van der Waals surface area contributed by atoms with Crippen molar-refractivity contribution in [2.24, 2.45) is 5.41 Å². The minimum atomic E-state index is -0.468. The Bertz CT molecular complexity index is 303. The van der Waals surface area contributed by atoms with E-state index < -0.39 is 5.50 Å². The molecule has 0 aromatic heterocycles. The van der Waals surface area contributed by atoms with Crippen LogP contribution in [0.4, 0.5) is 4.79 Å². The van der Waals surface area contributed by atoms with Gasteiger partial charge in [-0.25, -0.2) is 0 Å². The summed E-state index contributed by atoms with van der Waals surface area (Å²) in [6.45, 7) is 17.1. The van der Waals surface area contributed by atoms with Gasteiger partial charge in [0.15, 0.2) is 0 Å². The molecule has 118 valence electrons. The summed E-state index contributed by atoms with van der Waals surface area (Å²) in [6, 6.07) is 0. The zero-order valence-electron chi connectivity index (χ0n) is 14.8. The number of carbonyl (C=O) groups excluding carboxylic acids is 1. The Labute approximate surface area is 126 Å². The van der Waals surface area contributed by atoms with E-state index in [4.69, 9.17) is 9.47 Å². The molecule has 0 aliphatic carbocycles. The summed E-state index contributed by atoms with van der Waals surface area (Å²) in [5, 5.41) is 0. The van der Waals surface area contributed by atoms with Crippen LogP contribution < -0.4 is 0 Å². The molecule has 0 saturated carbocycles. The molecule has 0 amide bonds. The highest BCUT2D eigenvalue weighted by Crippen LogP contribution is 2.21. The van der Waals surface area contributed by atoms with Crippen LogP contribution in [-0.2, 0) is 9.47 Å². The molecule has 0 unspecified atom stereocenters. The molecule has 0 saturated heterocycles. The molecular weight excluding hydrogens is 251 g/mol. The van der Waals surface area contributed by atoms with Crippen LogP contribution >= 0.6 is 0 Å². The average Bonchev–Trinajstić information content (AvgIpc) is 2.11. The van der Waals surface area contributed by atoms with Gasteiger partial charge in [-0.1, -0.05) is 34.1 Å². The van der Waals surface area contributed by atoms with Gasteiger partial charge in [0.25, 0.3) is 13.1 Å². The first-order valence-electron chi connectivity index (χ1n) is 7.73. The Morgan fingerprint density at radius 2 is 1.55 bits per heavy atom. The van der Waals surface area contributed by atoms with Crippen LogP contribution in [0.1, 0.15) is 74.7 Å². The molecule has 3 nitrogen and oxygen atoms in total. The minimum absolute atomic E-state index is 0.177. The molecule has 0 heterocycles. The molecule has 0 atom stereocenters. The van der Waals surface area contributed by atoms with Gasteiger partial charge in [0.05, 0.1) is 0 Å². The molecule has 0 aliphatic heterocycles. The van der Waals surface area contributed by atoms with E-state index in [0.29, 0.717) is 13.9 Å². The number of hydrogen-bond acceptors (Lipinski definition) is 3. The molecule has 0 radical (unpaired) electrons. The van der Waals surface area contributed by atoms with Gasteiger partial charge in [-0.05, 0) is 46.0 Å². The van der Waals surface area contributed by atoms with Crippen LogP contribution in [0.3, 0.4) is 0 Å². The monoisotopic (exact) mass is 284 g/mol. The Morgan fingerprint density at radius 1 is 1.00 bits per heavy atom. The van der Waals surface area contributed by atoms with Crippen molar-refractivity contribution < 1.29 is 14.3 Å². The van der Waals surface area contributed by atoms with Gasteiger partial charge in [0.2, 0.25) is 0 Å². The quantitative estimate of drug-likeness (QED) is 0.622. The largest absolute Gasteiger partial charge is 0.468 e. The second kappa shape index (κ2) is 7.49. The number of rotatable bonds is 8. The fourth-order valence-corrected chi connectivity index (χ4v) is 2.03.